The lowest BCUT2D eigenvalue weighted by Gasteiger charge is -2.27. The van der Waals surface area contributed by atoms with Crippen molar-refractivity contribution in [2.75, 3.05) is 18.0 Å². The Morgan fingerprint density at radius 1 is 1.32 bits per heavy atom. The van der Waals surface area contributed by atoms with Gasteiger partial charge in [-0.25, -0.2) is 4.39 Å². The zero-order valence-corrected chi connectivity index (χ0v) is 16.8. The Balaban J connectivity index is 1.61. The van der Waals surface area contributed by atoms with E-state index in [4.69, 9.17) is 5.73 Å². The molecule has 28 heavy (non-hydrogen) atoms. The minimum absolute atomic E-state index is 0.239. The Labute approximate surface area is 166 Å². The average molecular weight is 389 g/mol. The molecule has 1 aliphatic heterocycles. The molecule has 2 amide bonds. The van der Waals surface area contributed by atoms with E-state index >= 15 is 0 Å². The van der Waals surface area contributed by atoms with Crippen LogP contribution in [0.5, 0.6) is 0 Å². The molecule has 0 aromatic heterocycles. The van der Waals surface area contributed by atoms with Crippen LogP contribution in [0.1, 0.15) is 57.9 Å². The van der Waals surface area contributed by atoms with E-state index in [9.17, 15) is 14.0 Å². The second-order valence-corrected chi connectivity index (χ2v) is 8.83. The summed E-state index contributed by atoms with van der Waals surface area (Å²) in [5.41, 5.74) is 7.12. The predicted molar refractivity (Wildman–Crippen MR) is 108 cm³/mol. The number of anilines is 1. The molecule has 1 aromatic carbocycles. The molecule has 0 spiro atoms. The first-order chi connectivity index (χ1) is 13.3. The third kappa shape index (κ3) is 4.83. The van der Waals surface area contributed by atoms with Crippen LogP contribution < -0.4 is 16.0 Å². The molecule has 5 nitrogen and oxygen atoms in total. The molecule has 6 heteroatoms. The minimum atomic E-state index is -0.790. The summed E-state index contributed by atoms with van der Waals surface area (Å²) >= 11 is 0. The van der Waals surface area contributed by atoms with Gasteiger partial charge in [0.15, 0.2) is 0 Å². The maximum atomic E-state index is 13.7. The van der Waals surface area contributed by atoms with Crippen molar-refractivity contribution < 1.29 is 14.0 Å². The van der Waals surface area contributed by atoms with Gasteiger partial charge in [-0.05, 0) is 36.1 Å². The van der Waals surface area contributed by atoms with Gasteiger partial charge in [0.1, 0.15) is 11.9 Å². The molecule has 2 aliphatic rings. The van der Waals surface area contributed by atoms with Crippen molar-refractivity contribution in [3.8, 4) is 0 Å². The van der Waals surface area contributed by atoms with Crippen LogP contribution in [0.15, 0.2) is 18.2 Å². The van der Waals surface area contributed by atoms with Gasteiger partial charge in [-0.15, -0.1) is 0 Å². The maximum Gasteiger partial charge on any atom is 0.241 e. The number of halogens is 1. The molecule has 153 valence electrons. The first kappa shape index (κ1) is 20.6. The summed E-state index contributed by atoms with van der Waals surface area (Å²) in [5, 5.41) is 2.77. The lowest BCUT2D eigenvalue weighted by Crippen LogP contribution is -2.51. The summed E-state index contributed by atoms with van der Waals surface area (Å²) < 4.78 is 13.7. The van der Waals surface area contributed by atoms with E-state index in [0.29, 0.717) is 12.5 Å². The molecule has 1 aromatic rings. The lowest BCUT2D eigenvalue weighted by molar-refractivity contribution is -0.125. The zero-order chi connectivity index (χ0) is 20.3. The molecule has 3 N–H and O–H groups in total. The molecule has 1 fully saturated rings. The van der Waals surface area contributed by atoms with E-state index in [-0.39, 0.29) is 23.7 Å². The third-order valence-corrected chi connectivity index (χ3v) is 6.04. The number of nitrogens with one attached hydrogen (secondary N) is 1. The second kappa shape index (κ2) is 8.50. The third-order valence-electron chi connectivity index (χ3n) is 6.04. The topological polar surface area (TPSA) is 75.4 Å². The number of primary amides is 1. The molecule has 0 unspecified atom stereocenters. The van der Waals surface area contributed by atoms with Gasteiger partial charge in [0.2, 0.25) is 11.8 Å². The fraction of sp³-hybridized carbons (Fsp3) is 0.591. The number of carbonyl (C=O) groups is 2. The normalized spacial score (nSPS) is 19.9. The van der Waals surface area contributed by atoms with Crippen LogP contribution in [0.2, 0.25) is 0 Å². The largest absolute Gasteiger partial charge is 0.368 e. The van der Waals surface area contributed by atoms with Gasteiger partial charge in [-0.1, -0.05) is 46.0 Å². The number of benzene rings is 1. The monoisotopic (exact) mass is 388 g/mol. The molecule has 1 heterocycles. The van der Waals surface area contributed by atoms with Gasteiger partial charge >= 0.3 is 0 Å². The number of amides is 2. The standard InChI is InChI=1S/C22H31FN3O2/c1-22(2)14-26(19-10-9-16(23)12-17(19)22)13-18(21(24)28)25-20(27)11-8-15-6-4-3-5-7-15/h9-12,15,18H,3-8,13-14H2,1-2H3,(H2,24,28)(H,25,27)/t18-/m0/s1. The Kier molecular flexibility index (Phi) is 6.26. The molecule has 1 saturated carbocycles. The van der Waals surface area contributed by atoms with Crippen molar-refractivity contribution in [3.05, 3.63) is 36.0 Å². The predicted octanol–water partition coefficient (Wildman–Crippen LogP) is 3.07. The molecule has 3 rings (SSSR count). The summed E-state index contributed by atoms with van der Waals surface area (Å²) in [4.78, 5) is 26.3. The van der Waals surface area contributed by atoms with E-state index in [0.717, 1.165) is 17.7 Å². The van der Waals surface area contributed by atoms with Crippen LogP contribution in [0, 0.1) is 18.2 Å². The number of fused-ring (bicyclic) bond motifs is 1. The number of carbonyl (C=O) groups excluding carboxylic acids is 2. The van der Waals surface area contributed by atoms with Gasteiger partial charge in [-0.3, -0.25) is 9.59 Å². The average Bonchev–Trinajstić information content (AvgIpc) is 2.90. The highest BCUT2D eigenvalue weighted by Crippen LogP contribution is 2.40. The number of hydrogen-bond acceptors (Lipinski definition) is 3. The molecule has 1 atom stereocenters. The number of hydrogen-bond donors (Lipinski definition) is 2. The Morgan fingerprint density at radius 2 is 2.04 bits per heavy atom. The minimum Gasteiger partial charge on any atom is -0.368 e. The number of nitrogens with zero attached hydrogens (tertiary/aromatic N) is 1. The van der Waals surface area contributed by atoms with Crippen LogP contribution >= 0.6 is 0 Å². The fourth-order valence-corrected chi connectivity index (χ4v) is 4.49. The second-order valence-electron chi connectivity index (χ2n) is 8.83. The van der Waals surface area contributed by atoms with E-state index in [1.165, 1.54) is 38.2 Å². The van der Waals surface area contributed by atoms with Gasteiger partial charge in [0, 0.05) is 30.6 Å². The zero-order valence-electron chi connectivity index (χ0n) is 16.8. The Hall–Kier alpha value is -2.11. The molecule has 0 saturated heterocycles. The smallest absolute Gasteiger partial charge is 0.241 e. The van der Waals surface area contributed by atoms with Gasteiger partial charge in [-0.2, -0.15) is 0 Å². The molecule has 0 bridgehead atoms. The molecule has 1 radical (unpaired) electrons. The van der Waals surface area contributed by atoms with E-state index in [1.54, 1.807) is 18.6 Å². The van der Waals surface area contributed by atoms with E-state index in [2.05, 4.69) is 5.32 Å². The summed E-state index contributed by atoms with van der Waals surface area (Å²) in [6.07, 6.45) is 8.48. The fourth-order valence-electron chi connectivity index (χ4n) is 4.49. The van der Waals surface area contributed by atoms with Gasteiger partial charge in [0.05, 0.1) is 0 Å². The van der Waals surface area contributed by atoms with Crippen molar-refractivity contribution in [1.82, 2.24) is 5.32 Å². The van der Waals surface area contributed by atoms with Crippen LogP contribution in [0.4, 0.5) is 10.1 Å². The van der Waals surface area contributed by atoms with E-state index < -0.39 is 11.9 Å². The highest BCUT2D eigenvalue weighted by atomic mass is 19.1. The van der Waals surface area contributed by atoms with Gasteiger partial charge < -0.3 is 16.0 Å². The van der Waals surface area contributed by atoms with Crippen molar-refractivity contribution in [2.45, 2.75) is 63.8 Å². The van der Waals surface area contributed by atoms with Crippen molar-refractivity contribution >= 4 is 17.5 Å². The van der Waals surface area contributed by atoms with Crippen LogP contribution in [-0.2, 0) is 15.0 Å². The quantitative estimate of drug-likeness (QED) is 0.754. The number of nitrogens with two attached hydrogens (primary N) is 1. The number of rotatable bonds is 7. The van der Waals surface area contributed by atoms with Crippen LogP contribution in [0.3, 0.4) is 0 Å². The highest BCUT2D eigenvalue weighted by molar-refractivity contribution is 5.91. The summed E-state index contributed by atoms with van der Waals surface area (Å²) in [6.45, 7) is 5.00. The van der Waals surface area contributed by atoms with Crippen LogP contribution in [0.25, 0.3) is 0 Å². The maximum absolute atomic E-state index is 13.7. The van der Waals surface area contributed by atoms with E-state index in [1.807, 2.05) is 18.7 Å². The summed E-state index contributed by atoms with van der Waals surface area (Å²) in [6, 6.07) is 3.91. The van der Waals surface area contributed by atoms with Crippen molar-refractivity contribution in [2.24, 2.45) is 11.7 Å². The van der Waals surface area contributed by atoms with Crippen molar-refractivity contribution in [3.63, 3.8) is 0 Å². The lowest BCUT2D eigenvalue weighted by atomic mass is 9.86. The SMILES string of the molecule is CC1(C)CN(C[C@H](NC(=O)[CH]CC2CCCCC2)C(N)=O)c2ccc(F)cc21. The van der Waals surface area contributed by atoms with Gasteiger partial charge in [0.25, 0.3) is 0 Å². The first-order valence-corrected chi connectivity index (χ1v) is 10.2. The summed E-state index contributed by atoms with van der Waals surface area (Å²) in [7, 11) is 0. The molecular formula is C22H31FN3O2. The molecular weight excluding hydrogens is 357 g/mol. The first-order valence-electron chi connectivity index (χ1n) is 10.2. The Morgan fingerprint density at radius 3 is 2.71 bits per heavy atom. The highest BCUT2D eigenvalue weighted by Gasteiger charge is 2.37. The van der Waals surface area contributed by atoms with Crippen LogP contribution in [-0.4, -0.2) is 30.9 Å². The summed E-state index contributed by atoms with van der Waals surface area (Å²) in [5.74, 6) is -0.515. The molecule has 1 aliphatic carbocycles. The van der Waals surface area contributed by atoms with Crippen molar-refractivity contribution in [1.29, 1.82) is 0 Å². The Bertz CT molecular complexity index is 728.